The summed E-state index contributed by atoms with van der Waals surface area (Å²) in [7, 11) is 9.73. The average molecular weight is 1420 g/mol. The van der Waals surface area contributed by atoms with Crippen LogP contribution >= 0.6 is 0 Å². The minimum atomic E-state index is -1.72. The summed E-state index contributed by atoms with van der Waals surface area (Å²) in [5.74, 6) is -12.8. The Hall–Kier alpha value is -7.46. The van der Waals surface area contributed by atoms with Gasteiger partial charge in [-0.05, 0) is 87.4 Å². The van der Waals surface area contributed by atoms with Crippen LogP contribution in [0.3, 0.4) is 0 Å². The number of hydrogen-bond acceptors (Lipinski definition) is 16. The fraction of sp³-hybridized carbons (Fsp3) is 0.803. The lowest BCUT2D eigenvalue weighted by molar-refractivity contribution is -0.163. The van der Waals surface area contributed by atoms with Crippen molar-refractivity contribution in [1.82, 2.24) is 66.6 Å². The topological polar surface area (TPSA) is 361 Å². The van der Waals surface area contributed by atoms with Crippen molar-refractivity contribution in [1.29, 1.82) is 0 Å². The van der Waals surface area contributed by atoms with E-state index in [-0.39, 0.29) is 63.1 Å². The fourth-order valence-electron chi connectivity index (χ4n) is 11.8. The standard InChI is InChI=1S/C71H127N13O16/c1-27-43(14)57-69(96)84(25)60(45(16)29-3)70(97)80(21)47(18)62(89)73-46(17)61(88)74-49(34-38(4)5)65(92)82(23)51(36-40(8)9)71(98)100-48(19)58(78-63(90)50(35-39(6)7)81(22)67(94)55(41(10)11)77-54(87)37-99-26)66(93)79(20)33-31-53(86)75-56(42(12)13)68(95)83(24)59(44(15)28-2)64(91)72-32-30-52(85)76-57/h38-51,55-60H,27-37H2,1-26H3,(H,72,91)(H,73,89)(H,74,88)(H,75,86)(H,76,85)(H,77,87)(H,78,90). The minimum absolute atomic E-state index is 0.00597. The van der Waals surface area contributed by atoms with E-state index in [4.69, 9.17) is 9.47 Å². The van der Waals surface area contributed by atoms with Gasteiger partial charge in [0.05, 0.1) is 0 Å². The normalized spacial score (nSPS) is 25.4. The third-order valence-corrected chi connectivity index (χ3v) is 19.0. The molecular weight excluding hydrogens is 1290 g/mol. The number of ether oxygens (including phenoxy) is 2. The van der Waals surface area contributed by atoms with Crippen molar-refractivity contribution in [3.8, 4) is 0 Å². The van der Waals surface area contributed by atoms with Crippen molar-refractivity contribution in [2.45, 2.75) is 255 Å². The van der Waals surface area contributed by atoms with Crippen LogP contribution in [0.15, 0.2) is 0 Å². The molecule has 29 heteroatoms. The maximum absolute atomic E-state index is 15.1. The van der Waals surface area contributed by atoms with Gasteiger partial charge >= 0.3 is 5.97 Å². The van der Waals surface area contributed by atoms with Crippen LogP contribution in [0.5, 0.6) is 0 Å². The van der Waals surface area contributed by atoms with E-state index in [0.29, 0.717) is 19.3 Å². The summed E-state index contributed by atoms with van der Waals surface area (Å²) in [5, 5.41) is 19.2. The molecule has 1 fully saturated rings. The minimum Gasteiger partial charge on any atom is -0.458 e. The third kappa shape index (κ3) is 26.8. The highest BCUT2D eigenvalue weighted by molar-refractivity contribution is 5.98. The highest BCUT2D eigenvalue weighted by atomic mass is 16.5. The van der Waals surface area contributed by atoms with Crippen molar-refractivity contribution < 1.29 is 76.6 Å². The number of hydrogen-bond donors (Lipinski definition) is 7. The molecule has 100 heavy (non-hydrogen) atoms. The predicted octanol–water partition coefficient (Wildman–Crippen LogP) is 2.61. The molecule has 572 valence electrons. The Morgan fingerprint density at radius 1 is 0.590 bits per heavy atom. The van der Waals surface area contributed by atoms with Crippen LogP contribution in [0.4, 0.5) is 0 Å². The first kappa shape index (κ1) is 90.6. The molecule has 1 saturated heterocycles. The predicted molar refractivity (Wildman–Crippen MR) is 379 cm³/mol. The van der Waals surface area contributed by atoms with E-state index in [1.165, 1.54) is 89.8 Å². The summed E-state index contributed by atoms with van der Waals surface area (Å²) in [6.07, 6.45) is -0.770. The zero-order valence-corrected chi connectivity index (χ0v) is 65.0. The monoisotopic (exact) mass is 1420 g/mol. The van der Waals surface area contributed by atoms with Gasteiger partial charge in [0.2, 0.25) is 76.8 Å². The van der Waals surface area contributed by atoms with E-state index in [1.54, 1.807) is 62.3 Å². The lowest BCUT2D eigenvalue weighted by Gasteiger charge is -2.38. The molecule has 15 atom stereocenters. The van der Waals surface area contributed by atoms with E-state index < -0.39 is 191 Å². The van der Waals surface area contributed by atoms with Gasteiger partial charge in [-0.25, -0.2) is 4.79 Å². The molecule has 1 rings (SSSR count). The zero-order chi connectivity index (χ0) is 77.2. The van der Waals surface area contributed by atoms with Crippen LogP contribution in [-0.2, 0) is 76.6 Å². The number of carbonyl (C=O) groups is 14. The Labute approximate surface area is 595 Å². The largest absolute Gasteiger partial charge is 0.458 e. The first-order valence-corrected chi connectivity index (χ1v) is 35.7. The van der Waals surface area contributed by atoms with Gasteiger partial charge in [0, 0.05) is 75.3 Å². The summed E-state index contributed by atoms with van der Waals surface area (Å²) in [6, 6.07) is -13.8. The van der Waals surface area contributed by atoms with Gasteiger partial charge in [-0.3, -0.25) is 62.3 Å². The molecule has 0 saturated carbocycles. The fourth-order valence-corrected chi connectivity index (χ4v) is 11.8. The van der Waals surface area contributed by atoms with Gasteiger partial charge in [-0.15, -0.1) is 0 Å². The van der Waals surface area contributed by atoms with E-state index in [2.05, 4.69) is 37.2 Å². The van der Waals surface area contributed by atoms with Crippen LogP contribution in [0.2, 0.25) is 0 Å². The Bertz CT molecular complexity index is 2780. The molecule has 13 amide bonds. The number of methoxy groups -OCH3 is 1. The SMILES string of the molecule is CCC(C)C1NC(=O)CCNC(=O)C(C(C)CC)N(C)C(=O)C(C(C)C)NC(=O)CCN(C)C(=O)C(NC(=O)C(CC(C)C)N(C)C(=O)C(NC(=O)COC)C(C)C)C(C)OC(=O)C(CC(C)C)N(C)C(=O)C(CC(C)C)NC(=O)C(C)NC(=O)C(C)N(C)C(=O)C(C(C)CC)N(C)C1=O. The van der Waals surface area contributed by atoms with Gasteiger partial charge < -0.3 is 76.1 Å². The van der Waals surface area contributed by atoms with Crippen LogP contribution in [-0.4, -0.2) is 254 Å². The van der Waals surface area contributed by atoms with E-state index in [1.807, 2.05) is 48.5 Å². The van der Waals surface area contributed by atoms with Crippen LogP contribution < -0.4 is 37.2 Å². The molecule has 1 aliphatic heterocycles. The highest BCUT2D eigenvalue weighted by Gasteiger charge is 2.44. The second-order valence-corrected chi connectivity index (χ2v) is 29.4. The number of esters is 1. The smallest absolute Gasteiger partial charge is 0.329 e. The number of nitrogens with zero attached hydrogens (tertiary/aromatic N) is 6. The number of nitrogens with one attached hydrogen (secondary N) is 7. The lowest BCUT2D eigenvalue weighted by Crippen LogP contribution is -2.61. The van der Waals surface area contributed by atoms with Crippen molar-refractivity contribution in [3.05, 3.63) is 0 Å². The molecule has 0 spiro atoms. The molecule has 1 aliphatic rings. The molecule has 0 radical (unpaired) electrons. The van der Waals surface area contributed by atoms with Gasteiger partial charge in [0.15, 0.2) is 0 Å². The Balaban J connectivity index is 4.29. The van der Waals surface area contributed by atoms with Crippen molar-refractivity contribution >= 4 is 82.8 Å². The molecule has 0 aromatic heterocycles. The second kappa shape index (κ2) is 42.7. The molecule has 1 heterocycles. The number of likely N-dealkylation sites (N-methyl/N-ethyl adjacent to an activating group) is 6. The summed E-state index contributed by atoms with van der Waals surface area (Å²) in [5.41, 5.74) is 0. The first-order chi connectivity index (χ1) is 46.4. The van der Waals surface area contributed by atoms with Crippen molar-refractivity contribution in [2.24, 2.45) is 47.3 Å². The van der Waals surface area contributed by atoms with Crippen molar-refractivity contribution in [3.63, 3.8) is 0 Å². The second-order valence-electron chi connectivity index (χ2n) is 29.4. The van der Waals surface area contributed by atoms with Crippen LogP contribution in [0.25, 0.3) is 0 Å². The molecule has 0 aliphatic carbocycles. The van der Waals surface area contributed by atoms with Crippen molar-refractivity contribution in [2.75, 3.05) is 69.1 Å². The first-order valence-electron chi connectivity index (χ1n) is 35.7. The number of carbonyl (C=O) groups excluding carboxylic acids is 14. The number of cyclic esters (lactones) is 1. The van der Waals surface area contributed by atoms with Gasteiger partial charge in [0.1, 0.15) is 79.2 Å². The quantitative estimate of drug-likeness (QED) is 0.0812. The lowest BCUT2D eigenvalue weighted by atomic mass is 9.93. The molecule has 0 aromatic carbocycles. The molecular formula is C71H127N13O16. The highest BCUT2D eigenvalue weighted by Crippen LogP contribution is 2.24. The molecule has 15 unspecified atom stereocenters. The summed E-state index contributed by atoms with van der Waals surface area (Å²) in [6.45, 7) is 31.9. The average Bonchev–Trinajstić information content (AvgIpc) is 0.824. The summed E-state index contributed by atoms with van der Waals surface area (Å²) >= 11 is 0. The van der Waals surface area contributed by atoms with Crippen LogP contribution in [0.1, 0.15) is 183 Å². The van der Waals surface area contributed by atoms with E-state index in [0.717, 1.165) is 9.80 Å². The molecule has 7 N–H and O–H groups in total. The molecule has 0 aromatic rings. The van der Waals surface area contributed by atoms with Gasteiger partial charge in [-0.2, -0.15) is 0 Å². The Morgan fingerprint density at radius 3 is 1.62 bits per heavy atom. The van der Waals surface area contributed by atoms with E-state index >= 15 is 4.79 Å². The number of rotatable bonds is 21. The van der Waals surface area contributed by atoms with E-state index in [9.17, 15) is 62.3 Å². The maximum atomic E-state index is 15.1. The molecule has 0 bridgehead atoms. The zero-order valence-electron chi connectivity index (χ0n) is 65.0. The maximum Gasteiger partial charge on any atom is 0.329 e. The third-order valence-electron chi connectivity index (χ3n) is 19.0. The summed E-state index contributed by atoms with van der Waals surface area (Å²) < 4.78 is 11.1. The Morgan fingerprint density at radius 2 is 1.11 bits per heavy atom. The van der Waals surface area contributed by atoms with Gasteiger partial charge in [-0.1, -0.05) is 130 Å². The summed E-state index contributed by atoms with van der Waals surface area (Å²) in [4.78, 5) is 208. The number of amides is 13. The molecule has 29 nitrogen and oxygen atoms in total. The van der Waals surface area contributed by atoms with Gasteiger partial charge in [0.25, 0.3) is 0 Å². The Kier molecular flexibility index (Phi) is 38.7. The van der Waals surface area contributed by atoms with Crippen LogP contribution in [0, 0.1) is 47.3 Å².